The van der Waals surface area contributed by atoms with Crippen LogP contribution in [0.15, 0.2) is 40.6 Å². The average Bonchev–Trinajstić information content (AvgIpc) is 4.17. The Kier molecular flexibility index (Phi) is 20.5. The number of thiazole rings is 1. The molecule has 1 aliphatic heterocycles. The van der Waals surface area contributed by atoms with Crippen molar-refractivity contribution in [2.75, 3.05) is 38.5 Å². The number of aromatic nitrogens is 6. The molecule has 4 amide bonds. The van der Waals surface area contributed by atoms with Crippen LogP contribution >= 0.6 is 11.3 Å². The zero-order valence-electron chi connectivity index (χ0n) is 43.9. The van der Waals surface area contributed by atoms with E-state index < -0.39 is 29.2 Å². The summed E-state index contributed by atoms with van der Waals surface area (Å²) in [6, 6.07) is 6.19. The number of nitrogen functional groups attached to an aromatic ring is 1. The number of fused-ring (bicyclic) bond motifs is 1. The van der Waals surface area contributed by atoms with Crippen molar-refractivity contribution in [3.63, 3.8) is 0 Å². The minimum Gasteiger partial charge on any atom is -0.490 e. The first-order valence-corrected chi connectivity index (χ1v) is 26.6. The highest BCUT2D eigenvalue weighted by Gasteiger charge is 2.44. The summed E-state index contributed by atoms with van der Waals surface area (Å²) in [7, 11) is 0. The highest BCUT2D eigenvalue weighted by Crippen LogP contribution is 2.34. The molecule has 21 heteroatoms. The fourth-order valence-electron chi connectivity index (χ4n) is 8.69. The highest BCUT2D eigenvalue weighted by molar-refractivity contribution is 7.13. The van der Waals surface area contributed by atoms with Gasteiger partial charge in [0.1, 0.15) is 34.4 Å². The molecule has 0 radical (unpaired) electrons. The number of unbranched alkanes of at least 4 members (excludes halogenated alkanes) is 5. The number of amides is 4. The summed E-state index contributed by atoms with van der Waals surface area (Å²) in [5.74, 6) is 5.86. The number of ether oxygens (including phenoxy) is 1. The van der Waals surface area contributed by atoms with Crippen LogP contribution in [0.25, 0.3) is 33.0 Å². The number of carbonyl (C=O) groups is 4. The molecule has 400 valence electrons. The monoisotopic (exact) mass is 1040 g/mol. The van der Waals surface area contributed by atoms with Crippen LogP contribution in [0, 0.1) is 24.2 Å². The number of anilines is 1. The smallest absolute Gasteiger partial charge is 0.246 e. The Morgan fingerprint density at radius 2 is 1.65 bits per heavy atom. The largest absolute Gasteiger partial charge is 0.490 e. The molecule has 0 saturated carbocycles. The lowest BCUT2D eigenvalue weighted by Gasteiger charge is -2.35. The van der Waals surface area contributed by atoms with Crippen molar-refractivity contribution in [2.24, 2.45) is 5.41 Å². The molecule has 3 atom stereocenters. The van der Waals surface area contributed by atoms with Gasteiger partial charge in [0.15, 0.2) is 23.1 Å². The molecule has 1 aliphatic rings. The Labute approximate surface area is 437 Å². The van der Waals surface area contributed by atoms with Gasteiger partial charge >= 0.3 is 0 Å². The number of hydrogen-bond acceptors (Lipinski definition) is 16. The Balaban J connectivity index is 0.814. The van der Waals surface area contributed by atoms with Gasteiger partial charge in [-0.05, 0) is 99.2 Å². The van der Waals surface area contributed by atoms with Crippen molar-refractivity contribution in [1.29, 1.82) is 0 Å². The lowest BCUT2D eigenvalue weighted by atomic mass is 9.85. The molecule has 20 nitrogen and oxygen atoms in total. The fraction of sp³-hybridized carbons (Fsp3) is 0.566. The first-order valence-electron chi connectivity index (χ1n) is 25.7. The van der Waals surface area contributed by atoms with Gasteiger partial charge in [0.2, 0.25) is 23.6 Å². The van der Waals surface area contributed by atoms with E-state index in [0.717, 1.165) is 53.8 Å². The topological polar surface area (TPSA) is 278 Å². The summed E-state index contributed by atoms with van der Waals surface area (Å²) in [6.07, 6.45) is 8.29. The summed E-state index contributed by atoms with van der Waals surface area (Å²) in [5.41, 5.74) is 10.7. The zero-order valence-corrected chi connectivity index (χ0v) is 44.7. The van der Waals surface area contributed by atoms with Gasteiger partial charge in [-0.25, -0.2) is 19.6 Å². The number of nitrogens with one attached hydrogen (secondary N) is 4. The number of benzene rings is 1. The van der Waals surface area contributed by atoms with Crippen LogP contribution in [0.5, 0.6) is 5.75 Å². The quantitative estimate of drug-likeness (QED) is 0.0269. The van der Waals surface area contributed by atoms with Crippen LogP contribution < -0.4 is 31.7 Å². The Morgan fingerprint density at radius 3 is 2.32 bits per heavy atom. The average molecular weight is 1040 g/mol. The minimum absolute atomic E-state index is 0.0187. The summed E-state index contributed by atoms with van der Waals surface area (Å²) < 4.78 is 12.9. The molecule has 6 rings (SSSR count). The molecule has 0 bridgehead atoms. The molecule has 4 aromatic heterocycles. The van der Waals surface area contributed by atoms with Gasteiger partial charge < -0.3 is 51.4 Å². The number of aryl methyl sites for hydroxylation is 2. The van der Waals surface area contributed by atoms with Crippen LogP contribution in [-0.4, -0.2) is 125 Å². The van der Waals surface area contributed by atoms with Crippen molar-refractivity contribution < 1.29 is 38.8 Å². The van der Waals surface area contributed by atoms with E-state index in [1.54, 1.807) is 31.4 Å². The standard InChI is InChI=1S/C53H74N12O8S/c1-8-64-45-40(31-57-38(23-24-53(6,7)71)43(45)61-49(64)44-48(54)63-73-62-44)72-28-16-26-55-25-15-18-41(67)56-27-14-12-10-9-11-13-17-42(68)60-47(52(3,4)5)51(70)65-32-37(66)29-39(65)50(69)58-30-35-19-21-36(22-20-35)46-34(2)59-33-74-46/h19-22,31,33,37,39,47,55,66,71H,8-18,25-30,32H2,1-7H3,(H2,54,63)(H,56,67)(H,58,69)(H,60,68)/t37-,39+,47-/m1/s1. The molecule has 74 heavy (non-hydrogen) atoms. The van der Waals surface area contributed by atoms with Crippen LogP contribution in [0.3, 0.4) is 0 Å². The number of β-amino-alcohol motifs (C(OH)–C–C–N with tert-alkyl or cyclic N) is 1. The zero-order chi connectivity index (χ0) is 53.4. The van der Waals surface area contributed by atoms with Crippen LogP contribution in [0.1, 0.15) is 129 Å². The number of aliphatic hydroxyl groups is 2. The molecule has 0 unspecified atom stereocenters. The van der Waals surface area contributed by atoms with Crippen LogP contribution in [-0.2, 0) is 32.3 Å². The second-order valence-corrected chi connectivity index (χ2v) is 21.2. The van der Waals surface area contributed by atoms with E-state index in [2.05, 4.69) is 53.4 Å². The molecule has 5 heterocycles. The van der Waals surface area contributed by atoms with Gasteiger partial charge in [0.05, 0.1) is 35.0 Å². The van der Waals surface area contributed by atoms with E-state index in [0.29, 0.717) is 92.5 Å². The Bertz CT molecular complexity index is 2730. The van der Waals surface area contributed by atoms with Crippen molar-refractivity contribution in [3.05, 3.63) is 52.9 Å². The molecule has 0 spiro atoms. The van der Waals surface area contributed by atoms with Gasteiger partial charge in [-0.2, -0.15) is 0 Å². The number of imidazole rings is 1. The van der Waals surface area contributed by atoms with Crippen molar-refractivity contribution >= 4 is 51.8 Å². The van der Waals surface area contributed by atoms with Gasteiger partial charge in [-0.15, -0.1) is 11.3 Å². The first-order chi connectivity index (χ1) is 35.3. The van der Waals surface area contributed by atoms with E-state index in [1.165, 1.54) is 4.90 Å². The predicted octanol–water partition coefficient (Wildman–Crippen LogP) is 5.43. The maximum Gasteiger partial charge on any atom is 0.246 e. The van der Waals surface area contributed by atoms with Crippen molar-refractivity contribution in [2.45, 2.75) is 156 Å². The van der Waals surface area contributed by atoms with Crippen LogP contribution in [0.2, 0.25) is 0 Å². The number of carbonyl (C=O) groups excluding carboxylic acids is 4. The molecule has 0 aliphatic carbocycles. The Hall–Kier alpha value is -6.47. The van der Waals surface area contributed by atoms with E-state index in [9.17, 15) is 29.4 Å². The number of nitrogens with zero attached hydrogens (tertiary/aromatic N) is 7. The molecule has 5 aromatic rings. The van der Waals surface area contributed by atoms with Crippen LogP contribution in [0.4, 0.5) is 5.82 Å². The first kappa shape index (κ1) is 56.8. The molecular weight excluding hydrogens is 965 g/mol. The molecular formula is C53H74N12O8S. The Morgan fingerprint density at radius 1 is 0.932 bits per heavy atom. The van der Waals surface area contributed by atoms with E-state index in [1.807, 2.05) is 69.0 Å². The summed E-state index contributed by atoms with van der Waals surface area (Å²) >= 11 is 1.58. The fourth-order valence-corrected chi connectivity index (χ4v) is 9.50. The number of likely N-dealkylation sites (tertiary alicyclic amines) is 1. The number of aliphatic hydroxyl groups excluding tert-OH is 1. The third kappa shape index (κ3) is 16.0. The third-order valence-corrected chi connectivity index (χ3v) is 13.6. The number of hydrogen-bond donors (Lipinski definition) is 7. The number of nitrogens with two attached hydrogens (primary N) is 1. The third-order valence-electron chi connectivity index (χ3n) is 12.6. The second kappa shape index (κ2) is 26.7. The maximum absolute atomic E-state index is 14.0. The van der Waals surface area contributed by atoms with Gasteiger partial charge in [0, 0.05) is 45.4 Å². The lowest BCUT2D eigenvalue weighted by molar-refractivity contribution is -0.144. The molecule has 8 N–H and O–H groups in total. The van der Waals surface area contributed by atoms with Crippen molar-refractivity contribution in [1.82, 2.24) is 56.0 Å². The van der Waals surface area contributed by atoms with Gasteiger partial charge in [-0.1, -0.05) is 76.6 Å². The normalized spacial score (nSPS) is 15.2. The minimum atomic E-state index is -1.23. The van der Waals surface area contributed by atoms with E-state index >= 15 is 0 Å². The highest BCUT2D eigenvalue weighted by atomic mass is 32.1. The maximum atomic E-state index is 14.0. The lowest BCUT2D eigenvalue weighted by Crippen LogP contribution is -2.57. The van der Waals surface area contributed by atoms with Crippen molar-refractivity contribution in [3.8, 4) is 39.5 Å². The van der Waals surface area contributed by atoms with E-state index in [4.69, 9.17) is 20.1 Å². The van der Waals surface area contributed by atoms with Gasteiger partial charge in [0.25, 0.3) is 0 Å². The summed E-state index contributed by atoms with van der Waals surface area (Å²) in [4.78, 5) is 69.2. The predicted molar refractivity (Wildman–Crippen MR) is 283 cm³/mol. The number of rotatable bonds is 26. The molecule has 1 saturated heterocycles. The molecule has 1 fully saturated rings. The second-order valence-electron chi connectivity index (χ2n) is 20.4. The summed E-state index contributed by atoms with van der Waals surface area (Å²) in [6.45, 7) is 15.9. The van der Waals surface area contributed by atoms with E-state index in [-0.39, 0.29) is 55.4 Å². The SMILES string of the molecule is CCn1c(-c2nonc2N)nc2c(C#CC(C)(C)O)ncc(OCCCNCCCC(=O)NCCCCCCCCC(=O)N[C@H](C(=O)N3C[C@H](O)C[C@H]3C(=O)NCc3ccc(-c4scnc4C)cc3)C(C)(C)C)c21. The number of pyridine rings is 1. The summed E-state index contributed by atoms with van der Waals surface area (Å²) in [5, 5.41) is 40.7. The van der Waals surface area contributed by atoms with Gasteiger partial charge in [-0.3, -0.25) is 19.2 Å². The molecule has 1 aromatic carbocycles.